The lowest BCUT2D eigenvalue weighted by molar-refractivity contribution is -0.0410. The van der Waals surface area contributed by atoms with Gasteiger partial charge in [0.1, 0.15) is 24.0 Å². The molecular weight excluding hydrogens is 320 g/mol. The SMILES string of the molecule is CC(NC(=O)OCc1ccccc1)[C@H](O)Oc1cc(F)cc(F)c1. The van der Waals surface area contributed by atoms with Gasteiger partial charge in [0, 0.05) is 18.2 Å². The Balaban J connectivity index is 1.82. The summed E-state index contributed by atoms with van der Waals surface area (Å²) < 4.78 is 36.1. The number of halogens is 2. The number of carbonyl (C=O) groups is 1. The van der Waals surface area contributed by atoms with E-state index < -0.39 is 30.1 Å². The molecule has 0 radical (unpaired) electrons. The molecule has 1 amide bonds. The molecule has 2 N–H and O–H groups in total. The number of aliphatic hydroxyl groups excluding tert-OH is 1. The first-order chi connectivity index (χ1) is 11.4. The molecule has 0 saturated heterocycles. The zero-order valence-electron chi connectivity index (χ0n) is 12.9. The van der Waals surface area contributed by atoms with Gasteiger partial charge in [0.05, 0.1) is 6.04 Å². The highest BCUT2D eigenvalue weighted by Crippen LogP contribution is 2.17. The Morgan fingerprint density at radius 2 is 1.79 bits per heavy atom. The predicted octanol–water partition coefficient (Wildman–Crippen LogP) is 2.98. The first kappa shape index (κ1) is 17.7. The van der Waals surface area contributed by atoms with Gasteiger partial charge >= 0.3 is 6.09 Å². The van der Waals surface area contributed by atoms with Crippen LogP contribution in [-0.4, -0.2) is 23.5 Å². The van der Waals surface area contributed by atoms with Gasteiger partial charge < -0.3 is 19.9 Å². The molecular formula is C17H17F2NO4. The van der Waals surface area contributed by atoms with Crippen molar-refractivity contribution in [3.05, 3.63) is 65.7 Å². The lowest BCUT2D eigenvalue weighted by Gasteiger charge is -2.21. The highest BCUT2D eigenvalue weighted by atomic mass is 19.1. The molecule has 7 heteroatoms. The summed E-state index contributed by atoms with van der Waals surface area (Å²) in [6.07, 6.45) is -2.25. The zero-order chi connectivity index (χ0) is 17.5. The zero-order valence-corrected chi connectivity index (χ0v) is 12.9. The molecule has 0 aliphatic carbocycles. The first-order valence-corrected chi connectivity index (χ1v) is 7.22. The fourth-order valence-electron chi connectivity index (χ4n) is 1.86. The molecule has 2 atom stereocenters. The van der Waals surface area contributed by atoms with E-state index in [2.05, 4.69) is 5.32 Å². The van der Waals surface area contributed by atoms with Crippen molar-refractivity contribution in [1.29, 1.82) is 0 Å². The van der Waals surface area contributed by atoms with Crippen molar-refractivity contribution >= 4 is 6.09 Å². The number of hydrogen-bond acceptors (Lipinski definition) is 4. The van der Waals surface area contributed by atoms with Gasteiger partial charge in [-0.2, -0.15) is 0 Å². The van der Waals surface area contributed by atoms with Gasteiger partial charge in [0.25, 0.3) is 0 Å². The number of nitrogens with one attached hydrogen (secondary N) is 1. The number of alkyl carbamates (subject to hydrolysis) is 1. The van der Waals surface area contributed by atoms with E-state index >= 15 is 0 Å². The van der Waals surface area contributed by atoms with Gasteiger partial charge in [0.15, 0.2) is 0 Å². The van der Waals surface area contributed by atoms with E-state index in [0.717, 1.165) is 17.7 Å². The summed E-state index contributed by atoms with van der Waals surface area (Å²) >= 11 is 0. The summed E-state index contributed by atoms with van der Waals surface area (Å²) in [4.78, 5) is 11.7. The summed E-state index contributed by atoms with van der Waals surface area (Å²) in [6.45, 7) is 1.54. The van der Waals surface area contributed by atoms with E-state index in [1.807, 2.05) is 18.2 Å². The topological polar surface area (TPSA) is 67.8 Å². The van der Waals surface area contributed by atoms with Crippen molar-refractivity contribution in [2.45, 2.75) is 25.9 Å². The summed E-state index contributed by atoms with van der Waals surface area (Å²) in [6, 6.07) is 10.7. The number of ether oxygens (including phenoxy) is 2. The van der Waals surface area contributed by atoms with Crippen molar-refractivity contribution < 1.29 is 28.2 Å². The predicted molar refractivity (Wildman–Crippen MR) is 82.2 cm³/mol. The number of amides is 1. The molecule has 0 aliphatic heterocycles. The standard InChI is InChI=1S/C17H17F2NO4/c1-11(16(21)24-15-8-13(18)7-14(19)9-15)20-17(22)23-10-12-5-3-2-4-6-12/h2-9,11,16,21H,10H2,1H3,(H,20,22)/t11?,16-/m1/s1. The Morgan fingerprint density at radius 1 is 1.17 bits per heavy atom. The van der Waals surface area contributed by atoms with Crippen molar-refractivity contribution in [2.75, 3.05) is 0 Å². The molecule has 5 nitrogen and oxygen atoms in total. The Bertz CT molecular complexity index is 661. The van der Waals surface area contributed by atoms with Gasteiger partial charge in [-0.1, -0.05) is 30.3 Å². The van der Waals surface area contributed by atoms with E-state index in [1.54, 1.807) is 12.1 Å². The quantitative estimate of drug-likeness (QED) is 0.795. The fourth-order valence-corrected chi connectivity index (χ4v) is 1.86. The van der Waals surface area contributed by atoms with Crippen LogP contribution < -0.4 is 10.1 Å². The van der Waals surface area contributed by atoms with Crippen LogP contribution in [0.15, 0.2) is 48.5 Å². The lowest BCUT2D eigenvalue weighted by Crippen LogP contribution is -2.44. The third-order valence-electron chi connectivity index (χ3n) is 3.08. The summed E-state index contributed by atoms with van der Waals surface area (Å²) in [7, 11) is 0. The summed E-state index contributed by atoms with van der Waals surface area (Å²) in [5.74, 6) is -1.86. The molecule has 0 saturated carbocycles. The molecule has 0 bridgehead atoms. The smallest absolute Gasteiger partial charge is 0.407 e. The van der Waals surface area contributed by atoms with E-state index in [9.17, 15) is 18.7 Å². The Labute approximate surface area is 137 Å². The van der Waals surface area contributed by atoms with Gasteiger partial charge in [-0.05, 0) is 12.5 Å². The number of hydrogen-bond donors (Lipinski definition) is 2. The Kier molecular flexibility index (Phi) is 6.08. The van der Waals surface area contributed by atoms with Crippen LogP contribution in [0.25, 0.3) is 0 Å². The molecule has 0 spiro atoms. The summed E-state index contributed by atoms with van der Waals surface area (Å²) in [5.41, 5.74) is 0.812. The van der Waals surface area contributed by atoms with E-state index in [-0.39, 0.29) is 12.4 Å². The average Bonchev–Trinajstić information content (AvgIpc) is 2.53. The number of carbonyl (C=O) groups excluding carboxylic acids is 1. The minimum Gasteiger partial charge on any atom is -0.463 e. The van der Waals surface area contributed by atoms with Crippen molar-refractivity contribution in [3.63, 3.8) is 0 Å². The van der Waals surface area contributed by atoms with Crippen LogP contribution in [0.5, 0.6) is 5.75 Å². The van der Waals surface area contributed by atoms with Crippen LogP contribution in [0, 0.1) is 11.6 Å². The molecule has 1 unspecified atom stereocenters. The fraction of sp³-hybridized carbons (Fsp3) is 0.235. The lowest BCUT2D eigenvalue weighted by atomic mass is 10.2. The van der Waals surface area contributed by atoms with Crippen LogP contribution in [0.4, 0.5) is 13.6 Å². The minimum atomic E-state index is -1.50. The second kappa shape index (κ2) is 8.26. The van der Waals surface area contributed by atoms with Crippen LogP contribution >= 0.6 is 0 Å². The van der Waals surface area contributed by atoms with Crippen molar-refractivity contribution in [1.82, 2.24) is 5.32 Å². The number of aliphatic hydroxyl groups is 1. The maximum absolute atomic E-state index is 13.1. The molecule has 0 aromatic heterocycles. The summed E-state index contributed by atoms with van der Waals surface area (Å²) in [5, 5.41) is 12.2. The highest BCUT2D eigenvalue weighted by molar-refractivity contribution is 5.67. The molecule has 128 valence electrons. The average molecular weight is 337 g/mol. The second-order valence-corrected chi connectivity index (χ2v) is 5.11. The maximum atomic E-state index is 13.1. The van der Waals surface area contributed by atoms with Crippen molar-refractivity contribution in [3.8, 4) is 5.75 Å². The number of rotatable bonds is 6. The Morgan fingerprint density at radius 3 is 2.42 bits per heavy atom. The highest BCUT2D eigenvalue weighted by Gasteiger charge is 2.19. The normalized spacial score (nSPS) is 13.0. The Hall–Kier alpha value is -2.67. The van der Waals surface area contributed by atoms with E-state index in [0.29, 0.717) is 6.07 Å². The molecule has 0 fully saturated rings. The van der Waals surface area contributed by atoms with Crippen LogP contribution in [0.2, 0.25) is 0 Å². The largest absolute Gasteiger partial charge is 0.463 e. The second-order valence-electron chi connectivity index (χ2n) is 5.11. The van der Waals surface area contributed by atoms with Gasteiger partial charge in [-0.3, -0.25) is 0 Å². The molecule has 24 heavy (non-hydrogen) atoms. The van der Waals surface area contributed by atoms with Crippen molar-refractivity contribution in [2.24, 2.45) is 0 Å². The third-order valence-corrected chi connectivity index (χ3v) is 3.08. The molecule has 2 aromatic carbocycles. The molecule has 0 aliphatic rings. The van der Waals surface area contributed by atoms with Gasteiger partial charge in [-0.25, -0.2) is 13.6 Å². The monoisotopic (exact) mass is 337 g/mol. The third kappa shape index (κ3) is 5.51. The number of benzene rings is 2. The first-order valence-electron chi connectivity index (χ1n) is 7.22. The van der Waals surface area contributed by atoms with Crippen LogP contribution in [0.1, 0.15) is 12.5 Å². The molecule has 2 rings (SSSR count). The minimum absolute atomic E-state index is 0.0749. The van der Waals surface area contributed by atoms with Gasteiger partial charge in [-0.15, -0.1) is 0 Å². The van der Waals surface area contributed by atoms with Crippen LogP contribution in [-0.2, 0) is 11.3 Å². The van der Waals surface area contributed by atoms with Crippen LogP contribution in [0.3, 0.4) is 0 Å². The van der Waals surface area contributed by atoms with E-state index in [1.165, 1.54) is 6.92 Å². The van der Waals surface area contributed by atoms with E-state index in [4.69, 9.17) is 9.47 Å². The van der Waals surface area contributed by atoms with Gasteiger partial charge in [0.2, 0.25) is 6.29 Å². The maximum Gasteiger partial charge on any atom is 0.407 e. The molecule has 0 heterocycles. The molecule has 2 aromatic rings.